The third-order valence-electron chi connectivity index (χ3n) is 4.24. The molecule has 0 aliphatic rings. The molecule has 0 spiro atoms. The van der Waals surface area contributed by atoms with Gasteiger partial charge in [0.1, 0.15) is 12.4 Å². The minimum Gasteiger partial charge on any atom is -0.237 e. The summed E-state index contributed by atoms with van der Waals surface area (Å²) in [7, 11) is 4.07. The number of aryl methyl sites for hydroxylation is 2. The maximum Gasteiger partial charge on any atom is 0.536 e. The van der Waals surface area contributed by atoms with Crippen LogP contribution in [0.25, 0.3) is 0 Å². The van der Waals surface area contributed by atoms with Crippen LogP contribution in [-0.2, 0) is 29.5 Å². The van der Waals surface area contributed by atoms with E-state index < -0.39 is 17.6 Å². The molecule has 26 heavy (non-hydrogen) atoms. The Kier molecular flexibility index (Phi) is 12.8. The van der Waals surface area contributed by atoms with Crippen LogP contribution in [0.4, 0.5) is 13.2 Å². The Labute approximate surface area is 157 Å². The summed E-state index contributed by atoms with van der Waals surface area (Å²) in [4.78, 5) is 0. The summed E-state index contributed by atoms with van der Waals surface area (Å²) in [6, 6.07) is 0. The SMILES string of the molecule is CCCCCCC(CC)CNS(=O)OC(F)(F)F.Cc1n(C)cc[n+]1C. The van der Waals surface area contributed by atoms with Gasteiger partial charge in [0.15, 0.2) is 0 Å². The molecular weight excluding hydrogens is 367 g/mol. The lowest BCUT2D eigenvalue weighted by Crippen LogP contribution is -2.29. The number of unbranched alkanes of at least 4 members (excludes halogenated alkanes) is 3. The fourth-order valence-electron chi connectivity index (χ4n) is 2.28. The van der Waals surface area contributed by atoms with Crippen molar-refractivity contribution in [1.29, 1.82) is 0 Å². The second-order valence-corrected chi connectivity index (χ2v) is 7.23. The molecule has 0 aliphatic heterocycles. The van der Waals surface area contributed by atoms with E-state index in [1.165, 1.54) is 12.2 Å². The van der Waals surface area contributed by atoms with E-state index in [4.69, 9.17) is 0 Å². The summed E-state index contributed by atoms with van der Waals surface area (Å²) in [5.41, 5.74) is 0. The molecular formula is C17H33F3N3O2S+. The van der Waals surface area contributed by atoms with Crippen molar-refractivity contribution in [3.8, 4) is 0 Å². The smallest absolute Gasteiger partial charge is 0.237 e. The van der Waals surface area contributed by atoms with Gasteiger partial charge in [-0.3, -0.25) is 0 Å². The Morgan fingerprint density at radius 3 is 2.35 bits per heavy atom. The highest BCUT2D eigenvalue weighted by molar-refractivity contribution is 7.78. The minimum atomic E-state index is -4.86. The van der Waals surface area contributed by atoms with Gasteiger partial charge in [-0.1, -0.05) is 46.0 Å². The van der Waals surface area contributed by atoms with E-state index in [2.05, 4.69) is 31.9 Å². The Hall–Kier alpha value is -0.930. The molecule has 0 aromatic carbocycles. The molecule has 1 heterocycles. The number of hydrogen-bond acceptors (Lipinski definition) is 2. The first-order chi connectivity index (χ1) is 12.1. The summed E-state index contributed by atoms with van der Waals surface area (Å²) >= 11 is -2.50. The van der Waals surface area contributed by atoms with E-state index in [1.54, 1.807) is 0 Å². The van der Waals surface area contributed by atoms with E-state index in [0.717, 1.165) is 32.1 Å². The zero-order valence-corrected chi connectivity index (χ0v) is 17.3. The van der Waals surface area contributed by atoms with Crippen LogP contribution in [-0.4, -0.2) is 21.7 Å². The predicted molar refractivity (Wildman–Crippen MR) is 97.2 cm³/mol. The van der Waals surface area contributed by atoms with Crippen molar-refractivity contribution < 1.29 is 26.1 Å². The highest BCUT2D eigenvalue weighted by Gasteiger charge is 2.33. The molecule has 1 aromatic heterocycles. The van der Waals surface area contributed by atoms with Crippen molar-refractivity contribution in [2.75, 3.05) is 6.54 Å². The first kappa shape index (κ1) is 25.1. The highest BCUT2D eigenvalue weighted by atomic mass is 32.2. The zero-order valence-electron chi connectivity index (χ0n) is 16.4. The van der Waals surface area contributed by atoms with Crippen LogP contribution in [0.5, 0.6) is 0 Å². The highest BCUT2D eigenvalue weighted by Crippen LogP contribution is 2.18. The van der Waals surface area contributed by atoms with Gasteiger partial charge in [0, 0.05) is 13.5 Å². The number of hydrogen-bond donors (Lipinski definition) is 1. The molecule has 0 radical (unpaired) electrons. The molecule has 0 aliphatic carbocycles. The van der Waals surface area contributed by atoms with Crippen LogP contribution < -0.4 is 9.29 Å². The van der Waals surface area contributed by atoms with Crippen LogP contribution in [0, 0.1) is 12.8 Å². The summed E-state index contributed by atoms with van der Waals surface area (Å²) in [6.07, 6.45) is 5.52. The van der Waals surface area contributed by atoms with Gasteiger partial charge in [-0.25, -0.2) is 18.1 Å². The molecule has 1 rings (SSSR count). The van der Waals surface area contributed by atoms with Crippen LogP contribution in [0.1, 0.15) is 58.2 Å². The van der Waals surface area contributed by atoms with E-state index in [-0.39, 0.29) is 12.5 Å². The van der Waals surface area contributed by atoms with E-state index >= 15 is 0 Å². The Morgan fingerprint density at radius 1 is 1.31 bits per heavy atom. The van der Waals surface area contributed by atoms with Gasteiger partial charge in [0.25, 0.3) is 5.82 Å². The molecule has 1 aromatic rings. The molecule has 0 saturated heterocycles. The first-order valence-electron chi connectivity index (χ1n) is 8.99. The lowest BCUT2D eigenvalue weighted by molar-refractivity contribution is -0.677. The van der Waals surface area contributed by atoms with Gasteiger partial charge >= 0.3 is 6.36 Å². The van der Waals surface area contributed by atoms with Crippen LogP contribution >= 0.6 is 0 Å². The second-order valence-electron chi connectivity index (χ2n) is 6.30. The molecule has 0 fully saturated rings. The first-order valence-corrected chi connectivity index (χ1v) is 10.1. The van der Waals surface area contributed by atoms with Crippen molar-refractivity contribution in [3.05, 3.63) is 18.2 Å². The number of imidazole rings is 1. The van der Waals surface area contributed by atoms with Gasteiger partial charge in [-0.15, -0.1) is 13.2 Å². The summed E-state index contributed by atoms with van der Waals surface area (Å²) < 4.78 is 55.9. The second kappa shape index (κ2) is 13.3. The Bertz CT molecular complexity index is 502. The molecule has 2 unspecified atom stereocenters. The lowest BCUT2D eigenvalue weighted by atomic mass is 9.99. The maximum atomic E-state index is 11.7. The number of halogens is 3. The van der Waals surface area contributed by atoms with Crippen molar-refractivity contribution in [1.82, 2.24) is 9.29 Å². The van der Waals surface area contributed by atoms with Crippen LogP contribution in [0.3, 0.4) is 0 Å². The van der Waals surface area contributed by atoms with Crippen molar-refractivity contribution in [3.63, 3.8) is 0 Å². The Balaban J connectivity index is 0.000000642. The van der Waals surface area contributed by atoms with Gasteiger partial charge in [-0.2, -0.15) is 4.18 Å². The normalized spacial score (nSPS) is 13.8. The number of alkyl halides is 3. The third-order valence-corrected chi connectivity index (χ3v) is 4.98. The van der Waals surface area contributed by atoms with Crippen molar-refractivity contribution >= 4 is 11.3 Å². The number of aromatic nitrogens is 2. The van der Waals surface area contributed by atoms with Gasteiger partial charge in [0.05, 0.1) is 14.1 Å². The zero-order chi connectivity index (χ0) is 20.2. The minimum absolute atomic E-state index is 0.239. The molecule has 0 amide bonds. The molecule has 5 nitrogen and oxygen atoms in total. The fraction of sp³-hybridized carbons (Fsp3) is 0.824. The standard InChI is InChI=1S/C11H22F3NO2S.C6H11N2/c1-3-5-6-7-8-10(4-2)9-15-18(16)17-11(12,13)14;1-6-7(2)4-5-8(6)3/h10,15H,3-9H2,1-2H3;4-5H,1-3H3/q;+1. The van der Waals surface area contributed by atoms with Gasteiger partial charge in [0.2, 0.25) is 11.3 Å². The predicted octanol–water partition coefficient (Wildman–Crippen LogP) is 3.85. The summed E-state index contributed by atoms with van der Waals surface area (Å²) in [5.74, 6) is 1.51. The molecule has 2 atom stereocenters. The maximum absolute atomic E-state index is 11.7. The summed E-state index contributed by atoms with van der Waals surface area (Å²) in [5, 5.41) is 0. The van der Waals surface area contributed by atoms with E-state index in [0.29, 0.717) is 0 Å². The number of nitrogens with one attached hydrogen (secondary N) is 1. The number of rotatable bonds is 10. The molecule has 1 N–H and O–H groups in total. The molecule has 0 bridgehead atoms. The van der Waals surface area contributed by atoms with E-state index in [1.807, 2.05) is 33.4 Å². The number of nitrogens with zero attached hydrogens (tertiary/aromatic N) is 2. The molecule has 9 heteroatoms. The Morgan fingerprint density at radius 2 is 1.96 bits per heavy atom. The lowest BCUT2D eigenvalue weighted by Gasteiger charge is -2.15. The van der Waals surface area contributed by atoms with Gasteiger partial charge < -0.3 is 0 Å². The molecule has 0 saturated carbocycles. The van der Waals surface area contributed by atoms with Crippen molar-refractivity contribution in [2.24, 2.45) is 20.0 Å². The average Bonchev–Trinajstić information content (AvgIpc) is 2.84. The largest absolute Gasteiger partial charge is 0.536 e. The fourth-order valence-corrected chi connectivity index (χ4v) is 2.88. The van der Waals surface area contributed by atoms with Gasteiger partial charge in [-0.05, 0) is 12.3 Å². The van der Waals surface area contributed by atoms with Crippen LogP contribution in [0.2, 0.25) is 0 Å². The average molecular weight is 401 g/mol. The topological polar surface area (TPSA) is 47.1 Å². The van der Waals surface area contributed by atoms with E-state index in [9.17, 15) is 17.4 Å². The van der Waals surface area contributed by atoms with Crippen LogP contribution in [0.15, 0.2) is 12.4 Å². The van der Waals surface area contributed by atoms with Crippen molar-refractivity contribution in [2.45, 2.75) is 65.7 Å². The third kappa shape index (κ3) is 12.4. The summed E-state index contributed by atoms with van der Waals surface area (Å²) in [6.45, 7) is 6.46. The quantitative estimate of drug-likeness (QED) is 0.479. The monoisotopic (exact) mass is 400 g/mol. The molecule has 154 valence electrons.